The fourth-order valence-corrected chi connectivity index (χ4v) is 1.68. The van der Waals surface area contributed by atoms with Crippen LogP contribution in [0.1, 0.15) is 19.2 Å². The summed E-state index contributed by atoms with van der Waals surface area (Å²) in [6.45, 7) is 2.06. The molecule has 94 valence electrons. The highest BCUT2D eigenvalue weighted by Crippen LogP contribution is 2.22. The summed E-state index contributed by atoms with van der Waals surface area (Å²) in [7, 11) is 1.78. The number of pyridine rings is 1. The zero-order valence-corrected chi connectivity index (χ0v) is 10.4. The maximum absolute atomic E-state index is 13.7. The predicted molar refractivity (Wildman–Crippen MR) is 68.8 cm³/mol. The van der Waals surface area contributed by atoms with Crippen LogP contribution in [-0.4, -0.2) is 22.0 Å². The molecule has 2 aromatic rings. The van der Waals surface area contributed by atoms with E-state index in [2.05, 4.69) is 27.2 Å². The van der Waals surface area contributed by atoms with Crippen LogP contribution in [0.15, 0.2) is 24.5 Å². The first-order valence-electron chi connectivity index (χ1n) is 5.90. The summed E-state index contributed by atoms with van der Waals surface area (Å²) >= 11 is 0. The van der Waals surface area contributed by atoms with Crippen LogP contribution in [0.5, 0.6) is 0 Å². The normalized spacial score (nSPS) is 10.4. The van der Waals surface area contributed by atoms with Gasteiger partial charge in [0.25, 0.3) is 0 Å². The van der Waals surface area contributed by atoms with Crippen molar-refractivity contribution >= 4 is 5.82 Å². The molecule has 0 aliphatic carbocycles. The van der Waals surface area contributed by atoms with Gasteiger partial charge in [-0.25, -0.2) is 14.4 Å². The smallest absolute Gasteiger partial charge is 0.150 e. The lowest BCUT2D eigenvalue weighted by atomic mass is 10.1. The Labute approximate surface area is 105 Å². The lowest BCUT2D eigenvalue weighted by Crippen LogP contribution is -2.02. The Morgan fingerprint density at radius 3 is 2.83 bits per heavy atom. The van der Waals surface area contributed by atoms with Crippen molar-refractivity contribution in [3.8, 4) is 11.3 Å². The molecule has 0 atom stereocenters. The first-order chi connectivity index (χ1) is 8.74. The van der Waals surface area contributed by atoms with E-state index >= 15 is 0 Å². The van der Waals surface area contributed by atoms with Crippen LogP contribution >= 0.6 is 0 Å². The molecule has 0 aliphatic rings. The van der Waals surface area contributed by atoms with E-state index in [1.807, 2.05) is 0 Å². The van der Waals surface area contributed by atoms with Crippen molar-refractivity contribution in [2.75, 3.05) is 12.4 Å². The van der Waals surface area contributed by atoms with Crippen molar-refractivity contribution in [2.45, 2.75) is 19.8 Å². The van der Waals surface area contributed by atoms with Crippen LogP contribution in [0.25, 0.3) is 11.3 Å². The van der Waals surface area contributed by atoms with Crippen molar-refractivity contribution in [1.82, 2.24) is 15.0 Å². The summed E-state index contributed by atoms with van der Waals surface area (Å²) in [5, 5.41) is 2.97. The lowest BCUT2D eigenvalue weighted by molar-refractivity contribution is 0.624. The van der Waals surface area contributed by atoms with Gasteiger partial charge in [0.15, 0.2) is 5.82 Å². The van der Waals surface area contributed by atoms with Crippen LogP contribution in [0.2, 0.25) is 0 Å². The fraction of sp³-hybridized carbons (Fsp3) is 0.308. The van der Waals surface area contributed by atoms with Crippen molar-refractivity contribution in [3.05, 3.63) is 36.2 Å². The number of nitrogens with zero attached hydrogens (tertiary/aromatic N) is 3. The molecule has 2 aromatic heterocycles. The van der Waals surface area contributed by atoms with E-state index < -0.39 is 0 Å². The highest BCUT2D eigenvalue weighted by molar-refractivity contribution is 5.62. The highest BCUT2D eigenvalue weighted by atomic mass is 19.1. The average molecular weight is 246 g/mol. The monoisotopic (exact) mass is 246 g/mol. The first kappa shape index (κ1) is 12.4. The van der Waals surface area contributed by atoms with E-state index in [1.165, 1.54) is 6.20 Å². The summed E-state index contributed by atoms with van der Waals surface area (Å²) in [4.78, 5) is 12.5. The van der Waals surface area contributed by atoms with Crippen molar-refractivity contribution in [2.24, 2.45) is 0 Å². The SMILES string of the molecule is CCCc1nc(NC)cc(-c2ccncc2F)n1. The van der Waals surface area contributed by atoms with E-state index in [0.717, 1.165) is 18.7 Å². The Hall–Kier alpha value is -2.04. The van der Waals surface area contributed by atoms with Gasteiger partial charge in [-0.3, -0.25) is 4.98 Å². The summed E-state index contributed by atoms with van der Waals surface area (Å²) in [5.41, 5.74) is 1.03. The molecule has 0 aliphatic heterocycles. The van der Waals surface area contributed by atoms with Gasteiger partial charge in [-0.1, -0.05) is 6.92 Å². The van der Waals surface area contributed by atoms with Crippen LogP contribution < -0.4 is 5.32 Å². The minimum absolute atomic E-state index is 0.374. The molecule has 0 fully saturated rings. The Bertz CT molecular complexity index is 542. The third kappa shape index (κ3) is 2.61. The van der Waals surface area contributed by atoms with Gasteiger partial charge in [-0.2, -0.15) is 0 Å². The second-order valence-electron chi connectivity index (χ2n) is 3.91. The third-order valence-corrected chi connectivity index (χ3v) is 2.55. The molecule has 5 heteroatoms. The molecule has 0 saturated carbocycles. The topological polar surface area (TPSA) is 50.7 Å². The Morgan fingerprint density at radius 1 is 1.33 bits per heavy atom. The van der Waals surface area contributed by atoms with Gasteiger partial charge in [0.05, 0.1) is 11.9 Å². The highest BCUT2D eigenvalue weighted by Gasteiger charge is 2.09. The Balaban J connectivity index is 2.50. The molecule has 4 nitrogen and oxygen atoms in total. The van der Waals surface area contributed by atoms with Crippen LogP contribution in [0.3, 0.4) is 0 Å². The molecule has 0 radical (unpaired) electrons. The second kappa shape index (κ2) is 5.53. The summed E-state index contributed by atoms with van der Waals surface area (Å²) in [6, 6.07) is 3.35. The number of hydrogen-bond acceptors (Lipinski definition) is 4. The molecular formula is C13H15FN4. The molecule has 0 amide bonds. The third-order valence-electron chi connectivity index (χ3n) is 2.55. The lowest BCUT2D eigenvalue weighted by Gasteiger charge is -2.07. The molecule has 2 heterocycles. The van der Waals surface area contributed by atoms with Crippen LogP contribution in [0.4, 0.5) is 10.2 Å². The number of hydrogen-bond donors (Lipinski definition) is 1. The summed E-state index contributed by atoms with van der Waals surface area (Å²) in [6.07, 6.45) is 4.47. The van der Waals surface area contributed by atoms with Gasteiger partial charge < -0.3 is 5.32 Å². The molecule has 2 rings (SSSR count). The Morgan fingerprint density at radius 2 is 2.17 bits per heavy atom. The van der Waals surface area contributed by atoms with E-state index in [0.29, 0.717) is 17.1 Å². The maximum atomic E-state index is 13.7. The van der Waals surface area contributed by atoms with E-state index in [1.54, 1.807) is 25.4 Å². The van der Waals surface area contributed by atoms with E-state index in [9.17, 15) is 4.39 Å². The Kier molecular flexibility index (Phi) is 3.82. The van der Waals surface area contributed by atoms with Gasteiger partial charge in [0.1, 0.15) is 11.6 Å². The van der Waals surface area contributed by atoms with Crippen molar-refractivity contribution < 1.29 is 4.39 Å². The van der Waals surface area contributed by atoms with E-state index in [4.69, 9.17) is 0 Å². The number of halogens is 1. The number of aromatic nitrogens is 3. The maximum Gasteiger partial charge on any atom is 0.150 e. The zero-order chi connectivity index (χ0) is 13.0. The molecule has 18 heavy (non-hydrogen) atoms. The van der Waals surface area contributed by atoms with Crippen molar-refractivity contribution in [1.29, 1.82) is 0 Å². The average Bonchev–Trinajstić information content (AvgIpc) is 2.39. The zero-order valence-electron chi connectivity index (χ0n) is 10.4. The van der Waals surface area contributed by atoms with Crippen molar-refractivity contribution in [3.63, 3.8) is 0 Å². The minimum atomic E-state index is -0.374. The number of anilines is 1. The molecule has 0 spiro atoms. The quantitative estimate of drug-likeness (QED) is 0.901. The van der Waals surface area contributed by atoms with E-state index in [-0.39, 0.29) is 5.82 Å². The molecular weight excluding hydrogens is 231 g/mol. The predicted octanol–water partition coefficient (Wildman–Crippen LogP) is 2.67. The first-order valence-corrected chi connectivity index (χ1v) is 5.90. The van der Waals surface area contributed by atoms with Gasteiger partial charge >= 0.3 is 0 Å². The number of rotatable bonds is 4. The molecule has 0 aromatic carbocycles. The van der Waals surface area contributed by atoms with Gasteiger partial charge in [-0.15, -0.1) is 0 Å². The molecule has 0 unspecified atom stereocenters. The summed E-state index contributed by atoms with van der Waals surface area (Å²) in [5.74, 6) is 1.04. The van der Waals surface area contributed by atoms with Gasteiger partial charge in [-0.05, 0) is 12.5 Å². The largest absolute Gasteiger partial charge is 0.373 e. The fourth-order valence-electron chi connectivity index (χ4n) is 1.68. The number of nitrogens with one attached hydrogen (secondary N) is 1. The van der Waals surface area contributed by atoms with Crippen LogP contribution in [0, 0.1) is 5.82 Å². The molecule has 1 N–H and O–H groups in total. The molecule has 0 saturated heterocycles. The van der Waals surface area contributed by atoms with Gasteiger partial charge in [0.2, 0.25) is 0 Å². The van der Waals surface area contributed by atoms with Gasteiger partial charge in [0, 0.05) is 31.3 Å². The number of aryl methyl sites for hydroxylation is 1. The minimum Gasteiger partial charge on any atom is -0.373 e. The summed E-state index contributed by atoms with van der Waals surface area (Å²) < 4.78 is 13.7. The molecule has 0 bridgehead atoms. The standard InChI is InChI=1S/C13H15FN4/c1-3-4-12-17-11(7-13(15-2)18-12)9-5-6-16-8-10(9)14/h5-8H,3-4H2,1-2H3,(H,15,17,18). The van der Waals surface area contributed by atoms with Crippen LogP contribution in [-0.2, 0) is 6.42 Å². The second-order valence-corrected chi connectivity index (χ2v) is 3.91.